The van der Waals surface area contributed by atoms with Crippen LogP contribution in [0.4, 0.5) is 0 Å². The Balaban J connectivity index is 2.11. The van der Waals surface area contributed by atoms with E-state index in [1.807, 2.05) is 22.8 Å². The molecule has 0 spiro atoms. The van der Waals surface area contributed by atoms with Gasteiger partial charge in [0.2, 0.25) is 0 Å². The molecule has 4 nitrogen and oxygen atoms in total. The van der Waals surface area contributed by atoms with E-state index in [4.69, 9.17) is 9.97 Å². The molecule has 0 aromatic carbocycles. The number of nitrogens with zero attached hydrogens (tertiary/aromatic N) is 4. The minimum atomic E-state index is 0.759. The van der Waals surface area contributed by atoms with Crippen LogP contribution in [0.25, 0.3) is 15.9 Å². The molecule has 0 N–H and O–H groups in total. The summed E-state index contributed by atoms with van der Waals surface area (Å²) in [6.07, 6.45) is 4.51. The average molecular weight is 286 g/mol. The van der Waals surface area contributed by atoms with Crippen molar-refractivity contribution in [2.45, 2.75) is 46.5 Å². The lowest BCUT2D eigenvalue weighted by Crippen LogP contribution is -2.09. The molecule has 1 aliphatic rings. The molecule has 5 heteroatoms. The highest BCUT2D eigenvalue weighted by Crippen LogP contribution is 2.38. The van der Waals surface area contributed by atoms with Gasteiger partial charge >= 0.3 is 0 Å². The number of hydrogen-bond donors (Lipinski definition) is 0. The van der Waals surface area contributed by atoms with E-state index in [1.54, 1.807) is 0 Å². The molecule has 0 amide bonds. The van der Waals surface area contributed by atoms with Gasteiger partial charge in [0.05, 0.1) is 5.39 Å². The molecular weight excluding hydrogens is 268 g/mol. The molecule has 0 saturated carbocycles. The highest BCUT2D eigenvalue weighted by molar-refractivity contribution is 7.19. The van der Waals surface area contributed by atoms with E-state index in [1.165, 1.54) is 28.7 Å². The summed E-state index contributed by atoms with van der Waals surface area (Å²) in [4.78, 5) is 12.2. The van der Waals surface area contributed by atoms with Crippen LogP contribution in [0.5, 0.6) is 0 Å². The van der Waals surface area contributed by atoms with Gasteiger partial charge in [-0.15, -0.1) is 16.4 Å². The van der Waals surface area contributed by atoms with Crippen LogP contribution in [-0.2, 0) is 19.3 Å². The highest BCUT2D eigenvalue weighted by Gasteiger charge is 2.24. The zero-order chi connectivity index (χ0) is 13.9. The molecule has 0 aliphatic heterocycles. The second kappa shape index (κ2) is 4.25. The van der Waals surface area contributed by atoms with Crippen LogP contribution in [-0.4, -0.2) is 19.6 Å². The summed E-state index contributed by atoms with van der Waals surface area (Å²) in [5, 5.41) is 5.83. The van der Waals surface area contributed by atoms with Crippen molar-refractivity contribution >= 4 is 27.2 Å². The van der Waals surface area contributed by atoms with Gasteiger partial charge in [-0.05, 0) is 37.7 Å². The maximum atomic E-state index is 4.76. The predicted molar refractivity (Wildman–Crippen MR) is 81.5 cm³/mol. The van der Waals surface area contributed by atoms with Gasteiger partial charge in [0.15, 0.2) is 11.5 Å². The SMILES string of the molecule is CCc1nc2c3c4c(sc3nc(C)n2n1)CC[C@H](C)C4. The number of aryl methyl sites for hydroxylation is 3. The van der Waals surface area contributed by atoms with Crippen LogP contribution >= 0.6 is 11.3 Å². The Labute approximate surface area is 121 Å². The molecule has 104 valence electrons. The van der Waals surface area contributed by atoms with E-state index in [0.29, 0.717) is 0 Å². The average Bonchev–Trinajstić information content (AvgIpc) is 2.99. The topological polar surface area (TPSA) is 43.1 Å². The van der Waals surface area contributed by atoms with Crippen LogP contribution < -0.4 is 0 Å². The fourth-order valence-electron chi connectivity index (χ4n) is 3.14. The normalized spacial score (nSPS) is 18.9. The Morgan fingerprint density at radius 3 is 3.00 bits per heavy atom. The number of rotatable bonds is 1. The molecule has 3 heterocycles. The summed E-state index contributed by atoms with van der Waals surface area (Å²) >= 11 is 1.86. The number of hydrogen-bond acceptors (Lipinski definition) is 4. The summed E-state index contributed by atoms with van der Waals surface area (Å²) in [6, 6.07) is 0. The maximum absolute atomic E-state index is 4.76. The first-order valence-corrected chi connectivity index (χ1v) is 8.15. The lowest BCUT2D eigenvalue weighted by atomic mass is 9.89. The molecule has 0 bridgehead atoms. The van der Waals surface area contributed by atoms with Gasteiger partial charge in [0, 0.05) is 11.3 Å². The van der Waals surface area contributed by atoms with Gasteiger partial charge in [-0.1, -0.05) is 13.8 Å². The number of fused-ring (bicyclic) bond motifs is 5. The van der Waals surface area contributed by atoms with E-state index in [-0.39, 0.29) is 0 Å². The van der Waals surface area contributed by atoms with Crippen molar-refractivity contribution in [2.75, 3.05) is 0 Å². The Morgan fingerprint density at radius 2 is 2.20 bits per heavy atom. The third kappa shape index (κ3) is 1.62. The zero-order valence-electron chi connectivity index (χ0n) is 12.1. The first kappa shape index (κ1) is 12.3. The molecule has 4 rings (SSSR count). The van der Waals surface area contributed by atoms with E-state index < -0.39 is 0 Å². The number of aromatic nitrogens is 4. The highest BCUT2D eigenvalue weighted by atomic mass is 32.1. The minimum Gasteiger partial charge on any atom is -0.222 e. The molecule has 0 unspecified atom stereocenters. The molecule has 20 heavy (non-hydrogen) atoms. The monoisotopic (exact) mass is 286 g/mol. The summed E-state index contributed by atoms with van der Waals surface area (Å²) in [6.45, 7) is 6.45. The smallest absolute Gasteiger partial charge is 0.168 e. The van der Waals surface area contributed by atoms with Crippen LogP contribution in [0.3, 0.4) is 0 Å². The fourth-order valence-corrected chi connectivity index (χ4v) is 4.40. The predicted octanol–water partition coefficient (Wildman–Crippen LogP) is 3.33. The summed E-state index contributed by atoms with van der Waals surface area (Å²) in [5.41, 5.74) is 2.49. The van der Waals surface area contributed by atoms with Crippen LogP contribution in [0.2, 0.25) is 0 Å². The van der Waals surface area contributed by atoms with E-state index in [2.05, 4.69) is 18.9 Å². The van der Waals surface area contributed by atoms with Gasteiger partial charge in [-0.2, -0.15) is 4.52 Å². The second-order valence-corrected chi connectivity index (χ2v) is 6.89. The lowest BCUT2D eigenvalue weighted by Gasteiger charge is -2.17. The fraction of sp³-hybridized carbons (Fsp3) is 0.533. The molecule has 1 aliphatic carbocycles. The Kier molecular flexibility index (Phi) is 2.61. The molecule has 3 aromatic heterocycles. The van der Waals surface area contributed by atoms with E-state index in [0.717, 1.165) is 40.9 Å². The Morgan fingerprint density at radius 1 is 1.35 bits per heavy atom. The van der Waals surface area contributed by atoms with Gasteiger partial charge in [0.1, 0.15) is 10.7 Å². The first-order valence-electron chi connectivity index (χ1n) is 7.34. The van der Waals surface area contributed by atoms with Crippen molar-refractivity contribution in [3.8, 4) is 0 Å². The maximum Gasteiger partial charge on any atom is 0.168 e. The minimum absolute atomic E-state index is 0.759. The van der Waals surface area contributed by atoms with Crippen molar-refractivity contribution < 1.29 is 0 Å². The second-order valence-electron chi connectivity index (χ2n) is 5.81. The van der Waals surface area contributed by atoms with Gasteiger partial charge < -0.3 is 0 Å². The van der Waals surface area contributed by atoms with Crippen LogP contribution in [0.1, 0.15) is 42.4 Å². The molecular formula is C15H18N4S. The van der Waals surface area contributed by atoms with Crippen molar-refractivity contribution in [1.29, 1.82) is 0 Å². The summed E-state index contributed by atoms with van der Waals surface area (Å²) < 4.78 is 1.92. The van der Waals surface area contributed by atoms with Crippen LogP contribution in [0.15, 0.2) is 0 Å². The first-order chi connectivity index (χ1) is 9.67. The molecule has 3 aromatic rings. The Bertz CT molecular complexity index is 814. The van der Waals surface area contributed by atoms with Gasteiger partial charge in [-0.25, -0.2) is 9.97 Å². The van der Waals surface area contributed by atoms with E-state index >= 15 is 0 Å². The lowest BCUT2D eigenvalue weighted by molar-refractivity contribution is 0.508. The summed E-state index contributed by atoms with van der Waals surface area (Å²) in [7, 11) is 0. The number of thiophene rings is 1. The molecule has 0 radical (unpaired) electrons. The van der Waals surface area contributed by atoms with Crippen molar-refractivity contribution in [1.82, 2.24) is 19.6 Å². The van der Waals surface area contributed by atoms with Gasteiger partial charge in [0.25, 0.3) is 0 Å². The molecule has 0 saturated heterocycles. The quantitative estimate of drug-likeness (QED) is 0.689. The Hall–Kier alpha value is -1.49. The standard InChI is InChI=1S/C15H18N4S/c1-4-12-17-14-13-10-7-8(2)5-6-11(10)20-15(13)16-9(3)19(14)18-12/h8H,4-7H2,1-3H3/t8-/m0/s1. The van der Waals surface area contributed by atoms with Crippen LogP contribution in [0, 0.1) is 12.8 Å². The van der Waals surface area contributed by atoms with E-state index in [9.17, 15) is 0 Å². The zero-order valence-corrected chi connectivity index (χ0v) is 12.9. The van der Waals surface area contributed by atoms with Gasteiger partial charge in [-0.3, -0.25) is 0 Å². The third-order valence-electron chi connectivity index (χ3n) is 4.25. The summed E-state index contributed by atoms with van der Waals surface area (Å²) in [5.74, 6) is 2.60. The largest absolute Gasteiger partial charge is 0.222 e. The van der Waals surface area contributed by atoms with Crippen molar-refractivity contribution in [3.05, 3.63) is 22.1 Å². The van der Waals surface area contributed by atoms with Crippen molar-refractivity contribution in [3.63, 3.8) is 0 Å². The molecule has 0 fully saturated rings. The molecule has 1 atom stereocenters. The van der Waals surface area contributed by atoms with Crippen molar-refractivity contribution in [2.24, 2.45) is 5.92 Å². The third-order valence-corrected chi connectivity index (χ3v) is 5.44.